The molecule has 0 bridgehead atoms. The number of nitrogens with zero attached hydrogens (tertiary/aromatic N) is 2. The van der Waals surface area contributed by atoms with Crippen LogP contribution in [0.5, 0.6) is 0 Å². The Balaban J connectivity index is 1.90. The Bertz CT molecular complexity index is 566. The molecule has 98 valence electrons. The molecule has 0 unspecified atom stereocenters. The molecule has 2 aromatic rings. The SMILES string of the molecule is Cc1cnc(CNCc2cccc(C(N)=O)c2)cn1. The van der Waals surface area contributed by atoms with Crippen LogP contribution >= 0.6 is 0 Å². The third kappa shape index (κ3) is 3.86. The summed E-state index contributed by atoms with van der Waals surface area (Å²) in [6, 6.07) is 7.26. The van der Waals surface area contributed by atoms with Crippen LogP contribution in [0.3, 0.4) is 0 Å². The summed E-state index contributed by atoms with van der Waals surface area (Å²) in [7, 11) is 0. The summed E-state index contributed by atoms with van der Waals surface area (Å²) in [6.45, 7) is 3.18. The van der Waals surface area contributed by atoms with Crippen molar-refractivity contribution < 1.29 is 4.79 Å². The first-order valence-corrected chi connectivity index (χ1v) is 6.02. The van der Waals surface area contributed by atoms with Crippen LogP contribution in [0.4, 0.5) is 0 Å². The van der Waals surface area contributed by atoms with Gasteiger partial charge in [-0.15, -0.1) is 0 Å². The highest BCUT2D eigenvalue weighted by Gasteiger charge is 2.01. The average molecular weight is 256 g/mol. The van der Waals surface area contributed by atoms with Crippen molar-refractivity contribution in [1.82, 2.24) is 15.3 Å². The topological polar surface area (TPSA) is 80.9 Å². The van der Waals surface area contributed by atoms with Crippen LogP contribution in [0, 0.1) is 6.92 Å². The lowest BCUT2D eigenvalue weighted by molar-refractivity contribution is 0.1000. The molecule has 0 saturated heterocycles. The first-order chi connectivity index (χ1) is 9.15. The second-order valence-electron chi connectivity index (χ2n) is 4.32. The van der Waals surface area contributed by atoms with E-state index in [-0.39, 0.29) is 0 Å². The summed E-state index contributed by atoms with van der Waals surface area (Å²) in [6.07, 6.45) is 3.49. The predicted octanol–water partition coefficient (Wildman–Crippen LogP) is 1.17. The maximum atomic E-state index is 11.1. The Labute approximate surface area is 111 Å². The van der Waals surface area contributed by atoms with Gasteiger partial charge in [0.15, 0.2) is 0 Å². The van der Waals surface area contributed by atoms with Gasteiger partial charge in [-0.3, -0.25) is 14.8 Å². The number of nitrogens with two attached hydrogens (primary N) is 1. The number of benzene rings is 1. The van der Waals surface area contributed by atoms with Crippen molar-refractivity contribution >= 4 is 5.91 Å². The van der Waals surface area contributed by atoms with Gasteiger partial charge in [0.25, 0.3) is 0 Å². The lowest BCUT2D eigenvalue weighted by Crippen LogP contribution is -2.15. The number of aromatic nitrogens is 2. The molecule has 1 aromatic carbocycles. The van der Waals surface area contributed by atoms with Crippen LogP contribution in [0.2, 0.25) is 0 Å². The lowest BCUT2D eigenvalue weighted by atomic mass is 10.1. The Morgan fingerprint density at radius 3 is 2.79 bits per heavy atom. The highest BCUT2D eigenvalue weighted by molar-refractivity contribution is 5.92. The van der Waals surface area contributed by atoms with Crippen molar-refractivity contribution in [1.29, 1.82) is 0 Å². The molecule has 1 aromatic heterocycles. The molecule has 2 rings (SSSR count). The molecule has 0 radical (unpaired) electrons. The molecule has 0 aliphatic heterocycles. The quantitative estimate of drug-likeness (QED) is 0.841. The van der Waals surface area contributed by atoms with Gasteiger partial charge in [-0.25, -0.2) is 0 Å². The van der Waals surface area contributed by atoms with E-state index in [4.69, 9.17) is 5.73 Å². The fourth-order valence-electron chi connectivity index (χ4n) is 1.68. The van der Waals surface area contributed by atoms with E-state index in [0.29, 0.717) is 18.7 Å². The lowest BCUT2D eigenvalue weighted by Gasteiger charge is -2.05. The molecule has 0 aliphatic carbocycles. The Hall–Kier alpha value is -2.27. The minimum absolute atomic E-state index is 0.411. The van der Waals surface area contributed by atoms with Gasteiger partial charge in [0.2, 0.25) is 5.91 Å². The number of nitrogens with one attached hydrogen (secondary N) is 1. The van der Waals surface area contributed by atoms with Gasteiger partial charge in [0.05, 0.1) is 11.4 Å². The standard InChI is InChI=1S/C14H16N4O/c1-10-6-18-13(9-17-10)8-16-7-11-3-2-4-12(5-11)14(15)19/h2-6,9,16H,7-8H2,1H3,(H2,15,19). The van der Waals surface area contributed by atoms with Crippen LogP contribution < -0.4 is 11.1 Å². The smallest absolute Gasteiger partial charge is 0.248 e. The van der Waals surface area contributed by atoms with E-state index in [1.54, 1.807) is 24.5 Å². The summed E-state index contributed by atoms with van der Waals surface area (Å²) >= 11 is 0. The molecular formula is C14H16N4O. The van der Waals surface area contributed by atoms with E-state index in [9.17, 15) is 4.79 Å². The van der Waals surface area contributed by atoms with E-state index < -0.39 is 5.91 Å². The molecule has 1 heterocycles. The van der Waals surface area contributed by atoms with Crippen molar-refractivity contribution in [3.8, 4) is 0 Å². The van der Waals surface area contributed by atoms with Crippen molar-refractivity contribution in [2.75, 3.05) is 0 Å². The van der Waals surface area contributed by atoms with Gasteiger partial charge in [-0.05, 0) is 24.6 Å². The van der Waals surface area contributed by atoms with Gasteiger partial charge in [0, 0.05) is 31.0 Å². The number of primary amides is 1. The molecule has 0 spiro atoms. The molecule has 5 heteroatoms. The number of carbonyl (C=O) groups is 1. The Morgan fingerprint density at radius 2 is 2.11 bits per heavy atom. The number of carbonyl (C=O) groups excluding carboxylic acids is 1. The zero-order chi connectivity index (χ0) is 13.7. The Kier molecular flexibility index (Phi) is 4.20. The van der Waals surface area contributed by atoms with E-state index >= 15 is 0 Å². The molecule has 5 nitrogen and oxygen atoms in total. The molecule has 0 fully saturated rings. The van der Waals surface area contributed by atoms with E-state index in [1.807, 2.05) is 19.1 Å². The zero-order valence-electron chi connectivity index (χ0n) is 10.8. The van der Waals surface area contributed by atoms with Crippen LogP contribution in [0.1, 0.15) is 27.3 Å². The number of hydrogen-bond acceptors (Lipinski definition) is 4. The van der Waals surface area contributed by atoms with Crippen LogP contribution in [0.25, 0.3) is 0 Å². The maximum absolute atomic E-state index is 11.1. The molecule has 1 amide bonds. The van der Waals surface area contributed by atoms with Crippen molar-refractivity contribution in [2.24, 2.45) is 5.73 Å². The average Bonchev–Trinajstić information content (AvgIpc) is 2.41. The van der Waals surface area contributed by atoms with Crippen LogP contribution in [0.15, 0.2) is 36.7 Å². The van der Waals surface area contributed by atoms with Gasteiger partial charge >= 0.3 is 0 Å². The molecule has 3 N–H and O–H groups in total. The summed E-state index contributed by atoms with van der Waals surface area (Å²) in [4.78, 5) is 19.5. The highest BCUT2D eigenvalue weighted by atomic mass is 16.1. The number of rotatable bonds is 5. The number of amides is 1. The fraction of sp³-hybridized carbons (Fsp3) is 0.214. The minimum Gasteiger partial charge on any atom is -0.366 e. The zero-order valence-corrected chi connectivity index (χ0v) is 10.8. The summed E-state index contributed by atoms with van der Waals surface area (Å²) in [5.41, 5.74) is 8.56. The first kappa shape index (κ1) is 13.2. The van der Waals surface area contributed by atoms with Gasteiger partial charge < -0.3 is 11.1 Å². The van der Waals surface area contributed by atoms with E-state index in [1.165, 1.54) is 0 Å². The Morgan fingerprint density at radius 1 is 1.26 bits per heavy atom. The largest absolute Gasteiger partial charge is 0.366 e. The maximum Gasteiger partial charge on any atom is 0.248 e. The number of hydrogen-bond donors (Lipinski definition) is 2. The summed E-state index contributed by atoms with van der Waals surface area (Å²) in [5, 5.41) is 3.25. The second-order valence-corrected chi connectivity index (χ2v) is 4.32. The van der Waals surface area contributed by atoms with Crippen molar-refractivity contribution in [2.45, 2.75) is 20.0 Å². The third-order valence-corrected chi connectivity index (χ3v) is 2.68. The molecule has 19 heavy (non-hydrogen) atoms. The summed E-state index contributed by atoms with van der Waals surface area (Å²) in [5.74, 6) is -0.411. The normalized spacial score (nSPS) is 10.4. The molecular weight excluding hydrogens is 240 g/mol. The molecule has 0 aliphatic rings. The van der Waals surface area contributed by atoms with Crippen molar-refractivity contribution in [3.63, 3.8) is 0 Å². The predicted molar refractivity (Wildman–Crippen MR) is 72.3 cm³/mol. The fourth-order valence-corrected chi connectivity index (χ4v) is 1.68. The van der Waals surface area contributed by atoms with Gasteiger partial charge in [-0.2, -0.15) is 0 Å². The second kappa shape index (κ2) is 6.06. The molecule has 0 saturated carbocycles. The van der Waals surface area contributed by atoms with E-state index in [0.717, 1.165) is 17.0 Å². The van der Waals surface area contributed by atoms with Gasteiger partial charge in [-0.1, -0.05) is 12.1 Å². The monoisotopic (exact) mass is 256 g/mol. The number of aryl methyl sites for hydroxylation is 1. The first-order valence-electron chi connectivity index (χ1n) is 6.02. The summed E-state index contributed by atoms with van der Waals surface area (Å²) < 4.78 is 0. The van der Waals surface area contributed by atoms with E-state index in [2.05, 4.69) is 15.3 Å². The minimum atomic E-state index is -0.411. The van der Waals surface area contributed by atoms with Crippen LogP contribution in [-0.2, 0) is 13.1 Å². The highest BCUT2D eigenvalue weighted by Crippen LogP contribution is 2.04. The molecule has 0 atom stereocenters. The van der Waals surface area contributed by atoms with Crippen molar-refractivity contribution in [3.05, 3.63) is 59.2 Å². The third-order valence-electron chi connectivity index (χ3n) is 2.68. The van der Waals surface area contributed by atoms with Crippen LogP contribution in [-0.4, -0.2) is 15.9 Å². The van der Waals surface area contributed by atoms with Gasteiger partial charge in [0.1, 0.15) is 0 Å².